The summed E-state index contributed by atoms with van der Waals surface area (Å²) in [7, 11) is 0. The van der Waals surface area contributed by atoms with Crippen LogP contribution < -0.4 is 5.32 Å². The van der Waals surface area contributed by atoms with Gasteiger partial charge < -0.3 is 9.84 Å². The second-order valence-electron chi connectivity index (χ2n) is 5.62. The molecule has 2 aromatic rings. The van der Waals surface area contributed by atoms with E-state index in [-0.39, 0.29) is 5.82 Å². The molecular weight excluding hydrogens is 269 g/mol. The summed E-state index contributed by atoms with van der Waals surface area (Å²) >= 11 is 0. The zero-order chi connectivity index (χ0) is 14.5. The summed E-state index contributed by atoms with van der Waals surface area (Å²) in [5, 5.41) is 7.35. The van der Waals surface area contributed by atoms with Gasteiger partial charge in [-0.2, -0.15) is 4.98 Å². The standard InChI is InChI=1S/C16H20FN3O/c17-14-6-2-1-5-13(14)10-15-19-16(21-20-15)8-7-12-4-3-9-18-11-12/h1-2,5-6,12,18H,3-4,7-11H2. The molecule has 1 aromatic carbocycles. The van der Waals surface area contributed by atoms with Crippen LogP contribution in [0.2, 0.25) is 0 Å². The molecular formula is C16H20FN3O. The Morgan fingerprint density at radius 2 is 2.24 bits per heavy atom. The fourth-order valence-electron chi connectivity index (χ4n) is 2.77. The van der Waals surface area contributed by atoms with E-state index in [1.54, 1.807) is 12.1 Å². The Labute approximate surface area is 123 Å². The molecule has 5 heteroatoms. The predicted molar refractivity (Wildman–Crippen MR) is 77.4 cm³/mol. The molecule has 4 nitrogen and oxygen atoms in total. The number of piperidine rings is 1. The van der Waals surface area contributed by atoms with Gasteiger partial charge in [-0.15, -0.1) is 0 Å². The first-order chi connectivity index (χ1) is 10.3. The molecule has 1 aliphatic heterocycles. The molecule has 1 N–H and O–H groups in total. The van der Waals surface area contributed by atoms with Gasteiger partial charge in [-0.05, 0) is 49.9 Å². The molecule has 1 saturated heterocycles. The molecule has 0 spiro atoms. The fourth-order valence-corrected chi connectivity index (χ4v) is 2.77. The number of aryl methyl sites for hydroxylation is 1. The van der Waals surface area contributed by atoms with Crippen LogP contribution in [-0.2, 0) is 12.8 Å². The lowest BCUT2D eigenvalue weighted by Crippen LogP contribution is -2.29. The van der Waals surface area contributed by atoms with Crippen LogP contribution in [0.4, 0.5) is 4.39 Å². The molecule has 2 heterocycles. The highest BCUT2D eigenvalue weighted by atomic mass is 19.1. The first-order valence-electron chi connectivity index (χ1n) is 7.57. The Bertz CT molecular complexity index is 578. The maximum absolute atomic E-state index is 13.6. The Morgan fingerprint density at radius 3 is 3.05 bits per heavy atom. The van der Waals surface area contributed by atoms with Crippen molar-refractivity contribution in [2.45, 2.75) is 32.1 Å². The van der Waals surface area contributed by atoms with E-state index in [0.717, 1.165) is 25.9 Å². The van der Waals surface area contributed by atoms with Crippen molar-refractivity contribution in [1.29, 1.82) is 0 Å². The van der Waals surface area contributed by atoms with Gasteiger partial charge in [-0.1, -0.05) is 23.4 Å². The smallest absolute Gasteiger partial charge is 0.226 e. The van der Waals surface area contributed by atoms with Crippen LogP contribution in [0.3, 0.4) is 0 Å². The van der Waals surface area contributed by atoms with Crippen LogP contribution in [0.5, 0.6) is 0 Å². The average Bonchev–Trinajstić information content (AvgIpc) is 2.96. The Kier molecular flexibility index (Phi) is 4.60. The minimum absolute atomic E-state index is 0.225. The maximum atomic E-state index is 13.6. The maximum Gasteiger partial charge on any atom is 0.226 e. The largest absolute Gasteiger partial charge is 0.339 e. The van der Waals surface area contributed by atoms with Crippen molar-refractivity contribution in [3.63, 3.8) is 0 Å². The van der Waals surface area contributed by atoms with Gasteiger partial charge in [0.1, 0.15) is 5.82 Å². The van der Waals surface area contributed by atoms with Gasteiger partial charge in [0.05, 0.1) is 0 Å². The molecule has 0 aliphatic carbocycles. The zero-order valence-corrected chi connectivity index (χ0v) is 12.0. The van der Waals surface area contributed by atoms with Crippen LogP contribution in [0.1, 0.15) is 36.5 Å². The molecule has 0 radical (unpaired) electrons. The van der Waals surface area contributed by atoms with Crippen LogP contribution in [0.25, 0.3) is 0 Å². The van der Waals surface area contributed by atoms with Gasteiger partial charge in [0.25, 0.3) is 0 Å². The predicted octanol–water partition coefficient (Wildman–Crippen LogP) is 2.73. The van der Waals surface area contributed by atoms with Crippen LogP contribution in [0, 0.1) is 11.7 Å². The topological polar surface area (TPSA) is 51.0 Å². The van der Waals surface area contributed by atoms with Crippen molar-refractivity contribution in [2.24, 2.45) is 5.92 Å². The van der Waals surface area contributed by atoms with Gasteiger partial charge in [-0.25, -0.2) is 4.39 Å². The SMILES string of the molecule is Fc1ccccc1Cc1noc(CCC2CCCNC2)n1. The number of nitrogens with one attached hydrogen (secondary N) is 1. The number of benzene rings is 1. The van der Waals surface area contributed by atoms with Crippen molar-refractivity contribution < 1.29 is 8.91 Å². The molecule has 3 rings (SSSR count). The summed E-state index contributed by atoms with van der Waals surface area (Å²) in [5.74, 6) is 1.68. The summed E-state index contributed by atoms with van der Waals surface area (Å²) in [6, 6.07) is 6.69. The molecule has 0 bridgehead atoms. The van der Waals surface area contributed by atoms with E-state index < -0.39 is 0 Å². The molecule has 0 saturated carbocycles. The number of aromatic nitrogens is 2. The Balaban J connectivity index is 1.55. The lowest BCUT2D eigenvalue weighted by Gasteiger charge is -2.21. The summed E-state index contributed by atoms with van der Waals surface area (Å²) in [6.45, 7) is 2.21. The summed E-state index contributed by atoms with van der Waals surface area (Å²) in [6.07, 6.45) is 4.75. The highest BCUT2D eigenvalue weighted by Crippen LogP contribution is 2.17. The van der Waals surface area contributed by atoms with Gasteiger partial charge in [-0.3, -0.25) is 0 Å². The Hall–Kier alpha value is -1.75. The van der Waals surface area contributed by atoms with E-state index in [1.807, 2.05) is 6.07 Å². The van der Waals surface area contributed by atoms with Crippen molar-refractivity contribution in [1.82, 2.24) is 15.5 Å². The monoisotopic (exact) mass is 289 g/mol. The first-order valence-corrected chi connectivity index (χ1v) is 7.57. The van der Waals surface area contributed by atoms with E-state index in [1.165, 1.54) is 18.9 Å². The van der Waals surface area contributed by atoms with Crippen LogP contribution in [-0.4, -0.2) is 23.2 Å². The van der Waals surface area contributed by atoms with Crippen molar-refractivity contribution in [3.8, 4) is 0 Å². The minimum Gasteiger partial charge on any atom is -0.339 e. The van der Waals surface area contributed by atoms with Gasteiger partial charge in [0.2, 0.25) is 5.89 Å². The molecule has 1 unspecified atom stereocenters. The molecule has 21 heavy (non-hydrogen) atoms. The molecule has 1 aliphatic rings. The number of hydrogen-bond donors (Lipinski definition) is 1. The van der Waals surface area contributed by atoms with Gasteiger partial charge >= 0.3 is 0 Å². The summed E-state index contributed by atoms with van der Waals surface area (Å²) in [5.41, 5.74) is 0.598. The van der Waals surface area contributed by atoms with Crippen LogP contribution in [0.15, 0.2) is 28.8 Å². The third-order valence-electron chi connectivity index (χ3n) is 3.98. The molecule has 0 amide bonds. The summed E-state index contributed by atoms with van der Waals surface area (Å²) < 4.78 is 18.8. The number of nitrogens with zero attached hydrogens (tertiary/aromatic N) is 2. The highest BCUT2D eigenvalue weighted by Gasteiger charge is 2.15. The van der Waals surface area contributed by atoms with E-state index in [2.05, 4.69) is 15.5 Å². The first kappa shape index (κ1) is 14.2. The second-order valence-corrected chi connectivity index (χ2v) is 5.62. The molecule has 1 atom stereocenters. The van der Waals surface area contributed by atoms with Gasteiger partial charge in [0.15, 0.2) is 5.82 Å². The van der Waals surface area contributed by atoms with E-state index >= 15 is 0 Å². The van der Waals surface area contributed by atoms with E-state index in [4.69, 9.17) is 4.52 Å². The Morgan fingerprint density at radius 1 is 1.33 bits per heavy atom. The lowest BCUT2D eigenvalue weighted by molar-refractivity contribution is 0.326. The lowest BCUT2D eigenvalue weighted by atomic mass is 9.95. The molecule has 1 fully saturated rings. The van der Waals surface area contributed by atoms with Crippen molar-refractivity contribution in [2.75, 3.05) is 13.1 Å². The van der Waals surface area contributed by atoms with E-state index in [9.17, 15) is 4.39 Å². The minimum atomic E-state index is -0.225. The van der Waals surface area contributed by atoms with Gasteiger partial charge in [0, 0.05) is 12.8 Å². The summed E-state index contributed by atoms with van der Waals surface area (Å²) in [4.78, 5) is 4.37. The van der Waals surface area contributed by atoms with Crippen molar-refractivity contribution >= 4 is 0 Å². The normalized spacial score (nSPS) is 18.8. The van der Waals surface area contributed by atoms with Crippen LogP contribution >= 0.6 is 0 Å². The van der Waals surface area contributed by atoms with E-state index in [0.29, 0.717) is 29.6 Å². The average molecular weight is 289 g/mol. The fraction of sp³-hybridized carbons (Fsp3) is 0.500. The number of rotatable bonds is 5. The molecule has 1 aromatic heterocycles. The van der Waals surface area contributed by atoms with Crippen molar-refractivity contribution in [3.05, 3.63) is 47.4 Å². The zero-order valence-electron chi connectivity index (χ0n) is 12.0. The number of halogens is 1. The highest BCUT2D eigenvalue weighted by molar-refractivity contribution is 5.20. The number of hydrogen-bond acceptors (Lipinski definition) is 4. The third kappa shape index (κ3) is 3.88. The third-order valence-corrected chi connectivity index (χ3v) is 3.98. The molecule has 112 valence electrons. The quantitative estimate of drug-likeness (QED) is 0.919. The second kappa shape index (κ2) is 6.80.